The van der Waals surface area contributed by atoms with Crippen LogP contribution in [-0.4, -0.2) is 35.3 Å². The third-order valence-corrected chi connectivity index (χ3v) is 4.07. The van der Waals surface area contributed by atoms with Crippen molar-refractivity contribution < 1.29 is 4.74 Å². The first-order valence-electron chi connectivity index (χ1n) is 7.65. The lowest BCUT2D eigenvalue weighted by molar-refractivity contribution is 0.165. The number of nitrogens with one attached hydrogen (secondary N) is 1. The molecule has 2 aromatic rings. The summed E-state index contributed by atoms with van der Waals surface area (Å²) in [5.41, 5.74) is 3.33. The quantitative estimate of drug-likeness (QED) is 0.816. The maximum absolute atomic E-state index is 5.62. The lowest BCUT2D eigenvalue weighted by Gasteiger charge is -2.31. The van der Waals surface area contributed by atoms with Crippen LogP contribution in [-0.2, 0) is 4.74 Å². The number of hydrogen-bond donors (Lipinski definition) is 1. The van der Waals surface area contributed by atoms with Crippen LogP contribution in [0.5, 0.6) is 0 Å². The molecule has 0 saturated heterocycles. The van der Waals surface area contributed by atoms with E-state index in [0.717, 1.165) is 11.3 Å². The molecular formula is C18H23N3OS. The van der Waals surface area contributed by atoms with Crippen molar-refractivity contribution in [2.75, 3.05) is 25.6 Å². The Hall–Kier alpha value is -1.98. The second-order valence-electron chi connectivity index (χ2n) is 5.44. The Kier molecular flexibility index (Phi) is 6.50. The number of thiocarbonyl (C=S) groups is 1. The highest BCUT2D eigenvalue weighted by Crippen LogP contribution is 2.20. The van der Waals surface area contributed by atoms with Gasteiger partial charge in [-0.15, -0.1) is 0 Å². The van der Waals surface area contributed by atoms with Gasteiger partial charge in [0.15, 0.2) is 5.11 Å². The summed E-state index contributed by atoms with van der Waals surface area (Å²) in [6.07, 6.45) is 3.65. The average molecular weight is 329 g/mol. The highest BCUT2D eigenvalue weighted by Gasteiger charge is 2.18. The molecule has 0 radical (unpaired) electrons. The topological polar surface area (TPSA) is 37.4 Å². The van der Waals surface area contributed by atoms with Gasteiger partial charge in [-0.25, -0.2) is 0 Å². The van der Waals surface area contributed by atoms with Crippen LogP contribution in [0.1, 0.15) is 24.1 Å². The molecule has 4 nitrogen and oxygen atoms in total. The van der Waals surface area contributed by atoms with Crippen molar-refractivity contribution in [2.45, 2.75) is 19.9 Å². The molecule has 122 valence electrons. The van der Waals surface area contributed by atoms with Gasteiger partial charge in [-0.2, -0.15) is 0 Å². The molecule has 5 heteroatoms. The van der Waals surface area contributed by atoms with E-state index in [1.165, 1.54) is 5.56 Å². The van der Waals surface area contributed by atoms with Crippen molar-refractivity contribution in [3.05, 3.63) is 59.9 Å². The van der Waals surface area contributed by atoms with Crippen molar-refractivity contribution >= 4 is 23.0 Å². The molecule has 0 amide bonds. The Morgan fingerprint density at radius 3 is 2.65 bits per heavy atom. The molecule has 1 aromatic carbocycles. The molecule has 23 heavy (non-hydrogen) atoms. The molecule has 0 bridgehead atoms. The Bertz CT molecular complexity index is 616. The highest BCUT2D eigenvalue weighted by atomic mass is 32.1. The first-order chi connectivity index (χ1) is 11.1. The number of pyridine rings is 1. The number of anilines is 1. The van der Waals surface area contributed by atoms with Crippen molar-refractivity contribution in [3.63, 3.8) is 0 Å². The van der Waals surface area contributed by atoms with E-state index in [4.69, 9.17) is 17.0 Å². The third-order valence-electron chi connectivity index (χ3n) is 3.73. The second kappa shape index (κ2) is 8.60. The van der Waals surface area contributed by atoms with E-state index in [1.807, 2.05) is 24.4 Å². The second-order valence-corrected chi connectivity index (χ2v) is 5.83. The predicted octanol–water partition coefficient (Wildman–Crippen LogP) is 3.80. The maximum Gasteiger partial charge on any atom is 0.174 e. The van der Waals surface area contributed by atoms with Crippen molar-refractivity contribution in [2.24, 2.45) is 0 Å². The van der Waals surface area contributed by atoms with E-state index >= 15 is 0 Å². The number of benzene rings is 1. The van der Waals surface area contributed by atoms with Crippen LogP contribution in [0.4, 0.5) is 5.69 Å². The van der Waals surface area contributed by atoms with Crippen LogP contribution >= 0.6 is 12.2 Å². The molecule has 0 aliphatic rings. The minimum absolute atomic E-state index is 0.115. The first-order valence-corrected chi connectivity index (χ1v) is 8.06. The number of hydrogen-bond acceptors (Lipinski definition) is 3. The monoisotopic (exact) mass is 329 g/mol. The minimum atomic E-state index is 0.115. The molecule has 2 rings (SSSR count). The summed E-state index contributed by atoms with van der Waals surface area (Å²) >= 11 is 5.62. The Morgan fingerprint density at radius 1 is 1.30 bits per heavy atom. The number of rotatable bonds is 6. The summed E-state index contributed by atoms with van der Waals surface area (Å²) < 4.78 is 5.23. The van der Waals surface area contributed by atoms with Gasteiger partial charge in [0.1, 0.15) is 0 Å². The Morgan fingerprint density at radius 2 is 2.04 bits per heavy atom. The normalized spacial score (nSPS) is 11.8. The lowest BCUT2D eigenvalue weighted by atomic mass is 10.1. The van der Waals surface area contributed by atoms with Crippen molar-refractivity contribution in [1.82, 2.24) is 9.88 Å². The summed E-state index contributed by atoms with van der Waals surface area (Å²) in [4.78, 5) is 6.32. The van der Waals surface area contributed by atoms with Gasteiger partial charge >= 0.3 is 0 Å². The van der Waals surface area contributed by atoms with E-state index in [-0.39, 0.29) is 6.04 Å². The van der Waals surface area contributed by atoms with Crippen LogP contribution < -0.4 is 5.32 Å². The van der Waals surface area contributed by atoms with Crippen LogP contribution in [0, 0.1) is 6.92 Å². The van der Waals surface area contributed by atoms with Crippen LogP contribution in [0.15, 0.2) is 48.8 Å². The molecule has 0 fully saturated rings. The van der Waals surface area contributed by atoms with E-state index in [2.05, 4.69) is 47.2 Å². The minimum Gasteiger partial charge on any atom is -0.383 e. The molecular weight excluding hydrogens is 306 g/mol. The largest absolute Gasteiger partial charge is 0.383 e. The Balaban J connectivity index is 2.13. The SMILES string of the molecule is COCCN(C(=S)Nc1ccc(C)cc1)[C@@H](C)c1cccnc1. The number of aryl methyl sites for hydroxylation is 1. The molecule has 1 atom stereocenters. The van der Waals surface area contributed by atoms with Gasteiger partial charge in [0, 0.05) is 31.7 Å². The molecule has 1 aromatic heterocycles. The summed E-state index contributed by atoms with van der Waals surface area (Å²) in [5.74, 6) is 0. The molecule has 1 heterocycles. The van der Waals surface area contributed by atoms with Gasteiger partial charge in [0.2, 0.25) is 0 Å². The number of nitrogens with zero attached hydrogens (tertiary/aromatic N) is 2. The van der Waals surface area contributed by atoms with Gasteiger partial charge in [0.25, 0.3) is 0 Å². The van der Waals surface area contributed by atoms with Crippen LogP contribution in [0.25, 0.3) is 0 Å². The van der Waals surface area contributed by atoms with E-state index in [0.29, 0.717) is 18.3 Å². The fourth-order valence-corrected chi connectivity index (χ4v) is 2.66. The fourth-order valence-electron chi connectivity index (χ4n) is 2.30. The van der Waals surface area contributed by atoms with Crippen molar-refractivity contribution in [1.29, 1.82) is 0 Å². The fraction of sp³-hybridized carbons (Fsp3) is 0.333. The predicted molar refractivity (Wildman–Crippen MR) is 98.6 cm³/mol. The zero-order valence-electron chi connectivity index (χ0n) is 13.8. The van der Waals surface area contributed by atoms with Gasteiger partial charge in [-0.3, -0.25) is 4.98 Å². The van der Waals surface area contributed by atoms with Crippen molar-refractivity contribution in [3.8, 4) is 0 Å². The number of ether oxygens (including phenoxy) is 1. The van der Waals surface area contributed by atoms with Crippen LogP contribution in [0.2, 0.25) is 0 Å². The Labute approximate surface area is 143 Å². The molecule has 0 unspecified atom stereocenters. The summed E-state index contributed by atoms with van der Waals surface area (Å²) in [6.45, 7) is 5.51. The number of aromatic nitrogens is 1. The smallest absolute Gasteiger partial charge is 0.174 e. The van der Waals surface area contributed by atoms with E-state index < -0.39 is 0 Å². The third kappa shape index (κ3) is 5.01. The zero-order chi connectivity index (χ0) is 16.7. The number of methoxy groups -OCH3 is 1. The first kappa shape index (κ1) is 17.4. The molecule has 0 saturated carbocycles. The molecule has 0 aliphatic heterocycles. The standard InChI is InChI=1S/C18H23N3OS/c1-14-6-8-17(9-7-14)20-18(23)21(11-12-22-3)15(2)16-5-4-10-19-13-16/h4-10,13,15H,11-12H2,1-3H3,(H,20,23)/t15-/m0/s1. The van der Waals surface area contributed by atoms with E-state index in [9.17, 15) is 0 Å². The average Bonchev–Trinajstić information content (AvgIpc) is 2.58. The van der Waals surface area contributed by atoms with Gasteiger partial charge < -0.3 is 15.0 Å². The maximum atomic E-state index is 5.62. The van der Waals surface area contributed by atoms with E-state index in [1.54, 1.807) is 13.3 Å². The summed E-state index contributed by atoms with van der Waals surface area (Å²) in [6, 6.07) is 12.3. The lowest BCUT2D eigenvalue weighted by Crippen LogP contribution is -2.39. The van der Waals surface area contributed by atoms with Gasteiger partial charge in [0.05, 0.1) is 12.6 Å². The van der Waals surface area contributed by atoms with Gasteiger partial charge in [-0.05, 0) is 49.8 Å². The zero-order valence-corrected chi connectivity index (χ0v) is 14.6. The summed E-state index contributed by atoms with van der Waals surface area (Å²) in [5, 5.41) is 3.99. The van der Waals surface area contributed by atoms with Crippen LogP contribution in [0.3, 0.4) is 0 Å². The molecule has 1 N–H and O–H groups in total. The highest BCUT2D eigenvalue weighted by molar-refractivity contribution is 7.80. The van der Waals surface area contributed by atoms with Gasteiger partial charge in [-0.1, -0.05) is 23.8 Å². The summed E-state index contributed by atoms with van der Waals surface area (Å²) in [7, 11) is 1.70. The molecule has 0 spiro atoms. The molecule has 0 aliphatic carbocycles.